The third-order valence-corrected chi connectivity index (χ3v) is 4.86. The van der Waals surface area contributed by atoms with Crippen molar-refractivity contribution in [2.75, 3.05) is 0 Å². The van der Waals surface area contributed by atoms with Crippen LogP contribution in [-0.2, 0) is 11.2 Å². The molecule has 1 heterocycles. The molecule has 3 rings (SSSR count). The number of hydrogen-bond donors (Lipinski definition) is 0. The maximum Gasteiger partial charge on any atom is 0.308 e. The highest BCUT2D eigenvalue weighted by molar-refractivity contribution is 6.06. The van der Waals surface area contributed by atoms with Crippen molar-refractivity contribution in [3.63, 3.8) is 0 Å². The highest BCUT2D eigenvalue weighted by atomic mass is 19.1. The zero-order chi connectivity index (χ0) is 19.2. The number of aryl methyl sites for hydroxylation is 1. The van der Waals surface area contributed by atoms with Crippen LogP contribution < -0.4 is 4.74 Å². The summed E-state index contributed by atoms with van der Waals surface area (Å²) in [5.41, 5.74) is 1.64. The lowest BCUT2D eigenvalue weighted by atomic mass is 10.00. The van der Waals surface area contributed by atoms with Crippen molar-refractivity contribution >= 4 is 27.6 Å². The molecule has 0 fully saturated rings. The van der Waals surface area contributed by atoms with E-state index >= 15 is 0 Å². The van der Waals surface area contributed by atoms with Crippen LogP contribution in [0.15, 0.2) is 36.4 Å². The SMILES string of the molecule is CCCCCCCCc1ccc2c(c1)c(F)nc1cc(OC(C)=O)ccc12. The first-order valence-corrected chi connectivity index (χ1v) is 9.79. The number of nitrogens with zero attached hydrogens (tertiary/aromatic N) is 1. The predicted octanol–water partition coefficient (Wildman–Crippen LogP) is 6.36. The average Bonchev–Trinajstić information content (AvgIpc) is 2.64. The lowest BCUT2D eigenvalue weighted by molar-refractivity contribution is -0.131. The van der Waals surface area contributed by atoms with Crippen LogP contribution in [0.3, 0.4) is 0 Å². The lowest BCUT2D eigenvalue weighted by Gasteiger charge is -2.09. The van der Waals surface area contributed by atoms with E-state index in [1.807, 2.05) is 18.2 Å². The van der Waals surface area contributed by atoms with Gasteiger partial charge in [-0.1, -0.05) is 51.2 Å². The molecule has 0 saturated heterocycles. The molecule has 4 heteroatoms. The largest absolute Gasteiger partial charge is 0.427 e. The van der Waals surface area contributed by atoms with Crippen LogP contribution in [0.25, 0.3) is 21.7 Å². The van der Waals surface area contributed by atoms with Gasteiger partial charge in [0.25, 0.3) is 0 Å². The minimum atomic E-state index is -0.484. The third kappa shape index (κ3) is 4.82. The van der Waals surface area contributed by atoms with E-state index in [0.717, 1.165) is 29.2 Å². The number of carbonyl (C=O) groups excluding carboxylic acids is 1. The van der Waals surface area contributed by atoms with Gasteiger partial charge in [0, 0.05) is 23.8 Å². The molecule has 0 amide bonds. The van der Waals surface area contributed by atoms with Gasteiger partial charge in [-0.2, -0.15) is 4.39 Å². The molecule has 0 unspecified atom stereocenters. The number of aromatic nitrogens is 1. The molecule has 1 aromatic heterocycles. The summed E-state index contributed by atoms with van der Waals surface area (Å²) >= 11 is 0. The highest BCUT2D eigenvalue weighted by Crippen LogP contribution is 2.29. The Kier molecular flexibility index (Phi) is 6.38. The fourth-order valence-electron chi connectivity index (χ4n) is 3.49. The number of esters is 1. The summed E-state index contributed by atoms with van der Waals surface area (Å²) in [5.74, 6) is -0.516. The molecule has 142 valence electrons. The van der Waals surface area contributed by atoms with Gasteiger partial charge >= 0.3 is 5.97 Å². The third-order valence-electron chi connectivity index (χ3n) is 4.86. The van der Waals surface area contributed by atoms with Crippen LogP contribution in [0.5, 0.6) is 5.75 Å². The van der Waals surface area contributed by atoms with E-state index in [1.54, 1.807) is 12.1 Å². The van der Waals surface area contributed by atoms with Gasteiger partial charge in [-0.25, -0.2) is 4.98 Å². The number of rotatable bonds is 8. The van der Waals surface area contributed by atoms with E-state index in [1.165, 1.54) is 39.0 Å². The molecule has 0 spiro atoms. The Morgan fingerprint density at radius 2 is 1.70 bits per heavy atom. The summed E-state index contributed by atoms with van der Waals surface area (Å²) in [6.45, 7) is 3.56. The van der Waals surface area contributed by atoms with Crippen LogP contribution in [0, 0.1) is 5.95 Å². The second kappa shape index (κ2) is 8.94. The molecule has 27 heavy (non-hydrogen) atoms. The quantitative estimate of drug-likeness (QED) is 0.153. The molecule has 0 N–H and O–H groups in total. The van der Waals surface area contributed by atoms with Crippen LogP contribution in [0.2, 0.25) is 0 Å². The van der Waals surface area contributed by atoms with E-state index in [4.69, 9.17) is 4.74 Å². The Hall–Kier alpha value is -2.49. The molecule has 0 aliphatic carbocycles. The molecule has 3 aromatic rings. The van der Waals surface area contributed by atoms with Crippen LogP contribution in [0.4, 0.5) is 4.39 Å². The van der Waals surface area contributed by atoms with E-state index in [9.17, 15) is 9.18 Å². The van der Waals surface area contributed by atoms with Gasteiger partial charge in [-0.15, -0.1) is 0 Å². The first-order valence-electron chi connectivity index (χ1n) is 9.79. The number of halogens is 1. The van der Waals surface area contributed by atoms with Gasteiger partial charge in [0.05, 0.1) is 5.52 Å². The summed E-state index contributed by atoms with van der Waals surface area (Å²) in [6.07, 6.45) is 8.44. The standard InChI is InChI=1S/C23H26FNO2/c1-3-4-5-6-7-8-9-17-10-12-19-20-13-11-18(27-16(2)26)15-22(20)25-23(24)21(19)14-17/h10-15H,3-9H2,1-2H3. The molecule has 0 bridgehead atoms. The van der Waals surface area contributed by atoms with Gasteiger partial charge in [0.1, 0.15) is 5.75 Å². The number of benzene rings is 2. The number of hydrogen-bond acceptors (Lipinski definition) is 3. The fraction of sp³-hybridized carbons (Fsp3) is 0.391. The minimum absolute atomic E-state index is 0.376. The molecule has 2 aromatic carbocycles. The Bertz CT molecular complexity index is 952. The Morgan fingerprint density at radius 1 is 0.963 bits per heavy atom. The second-order valence-corrected chi connectivity index (χ2v) is 7.07. The summed E-state index contributed by atoms with van der Waals surface area (Å²) in [5, 5.41) is 2.23. The van der Waals surface area contributed by atoms with Gasteiger partial charge in [-0.3, -0.25) is 4.79 Å². The fourth-order valence-corrected chi connectivity index (χ4v) is 3.49. The van der Waals surface area contributed by atoms with Crippen molar-refractivity contribution in [2.45, 2.75) is 58.8 Å². The summed E-state index contributed by atoms with van der Waals surface area (Å²) in [6, 6.07) is 11.1. The van der Waals surface area contributed by atoms with Crippen molar-refractivity contribution in [1.29, 1.82) is 0 Å². The van der Waals surface area contributed by atoms with Crippen molar-refractivity contribution in [1.82, 2.24) is 4.98 Å². The Morgan fingerprint density at radius 3 is 2.48 bits per heavy atom. The van der Waals surface area contributed by atoms with E-state index in [0.29, 0.717) is 16.7 Å². The van der Waals surface area contributed by atoms with Crippen LogP contribution in [0.1, 0.15) is 57.9 Å². The minimum Gasteiger partial charge on any atom is -0.427 e. The first kappa shape index (κ1) is 19.3. The monoisotopic (exact) mass is 367 g/mol. The summed E-state index contributed by atoms with van der Waals surface area (Å²) in [7, 11) is 0. The number of carbonyl (C=O) groups is 1. The molecular formula is C23H26FNO2. The van der Waals surface area contributed by atoms with E-state index < -0.39 is 11.9 Å². The molecular weight excluding hydrogens is 341 g/mol. The molecule has 0 radical (unpaired) electrons. The molecule has 0 saturated carbocycles. The molecule has 0 atom stereocenters. The molecule has 0 aliphatic rings. The first-order chi connectivity index (χ1) is 13.1. The van der Waals surface area contributed by atoms with Crippen molar-refractivity contribution in [3.8, 4) is 5.75 Å². The zero-order valence-corrected chi connectivity index (χ0v) is 16.1. The van der Waals surface area contributed by atoms with Gasteiger partial charge in [-0.05, 0) is 42.0 Å². The van der Waals surface area contributed by atoms with Gasteiger partial charge in [0.2, 0.25) is 5.95 Å². The maximum absolute atomic E-state index is 14.6. The smallest absolute Gasteiger partial charge is 0.308 e. The topological polar surface area (TPSA) is 39.2 Å². The van der Waals surface area contributed by atoms with Gasteiger partial charge < -0.3 is 4.74 Å². The lowest BCUT2D eigenvalue weighted by Crippen LogP contribution is -2.01. The molecule has 3 nitrogen and oxygen atoms in total. The average molecular weight is 367 g/mol. The van der Waals surface area contributed by atoms with Gasteiger partial charge in [0.15, 0.2) is 0 Å². The number of unbranched alkanes of at least 4 members (excludes halogenated alkanes) is 5. The van der Waals surface area contributed by atoms with Crippen LogP contribution >= 0.6 is 0 Å². The Labute approximate surface area is 159 Å². The number of ether oxygens (including phenoxy) is 1. The maximum atomic E-state index is 14.6. The van der Waals surface area contributed by atoms with Crippen molar-refractivity contribution in [3.05, 3.63) is 47.9 Å². The highest BCUT2D eigenvalue weighted by Gasteiger charge is 2.10. The van der Waals surface area contributed by atoms with Crippen molar-refractivity contribution < 1.29 is 13.9 Å². The predicted molar refractivity (Wildman–Crippen MR) is 108 cm³/mol. The number of pyridine rings is 1. The van der Waals surface area contributed by atoms with Crippen LogP contribution in [-0.4, -0.2) is 11.0 Å². The second-order valence-electron chi connectivity index (χ2n) is 7.07. The van der Waals surface area contributed by atoms with Crippen molar-refractivity contribution in [2.24, 2.45) is 0 Å². The normalized spacial score (nSPS) is 11.2. The number of fused-ring (bicyclic) bond motifs is 3. The Balaban J connectivity index is 1.81. The van der Waals surface area contributed by atoms with E-state index in [-0.39, 0.29) is 0 Å². The summed E-state index contributed by atoms with van der Waals surface area (Å²) in [4.78, 5) is 15.2. The summed E-state index contributed by atoms with van der Waals surface area (Å²) < 4.78 is 19.7. The molecule has 0 aliphatic heterocycles. The zero-order valence-electron chi connectivity index (χ0n) is 16.1. The van der Waals surface area contributed by atoms with E-state index in [2.05, 4.69) is 18.0 Å².